The van der Waals surface area contributed by atoms with Crippen molar-refractivity contribution in [1.82, 2.24) is 20.1 Å². The van der Waals surface area contributed by atoms with Crippen molar-refractivity contribution in [2.75, 3.05) is 7.11 Å². The van der Waals surface area contributed by atoms with E-state index in [4.69, 9.17) is 4.74 Å². The number of methoxy groups -OCH3 is 1. The van der Waals surface area contributed by atoms with Crippen molar-refractivity contribution in [2.45, 2.75) is 39.2 Å². The van der Waals surface area contributed by atoms with E-state index in [1.165, 1.54) is 23.9 Å². The summed E-state index contributed by atoms with van der Waals surface area (Å²) in [7, 11) is 1.52. The molecule has 0 saturated carbocycles. The zero-order valence-electron chi connectivity index (χ0n) is 16.4. The topological polar surface area (TPSA) is 69.0 Å². The van der Waals surface area contributed by atoms with Crippen molar-refractivity contribution in [2.24, 2.45) is 0 Å². The number of nitrogens with one attached hydrogen (secondary N) is 1. The number of benzene rings is 1. The van der Waals surface area contributed by atoms with Gasteiger partial charge in [-0.3, -0.25) is 4.79 Å². The van der Waals surface area contributed by atoms with Crippen molar-refractivity contribution < 1.29 is 9.53 Å². The van der Waals surface area contributed by atoms with E-state index in [1.807, 2.05) is 10.9 Å². The maximum Gasteiger partial charge on any atom is 0.257 e. The summed E-state index contributed by atoms with van der Waals surface area (Å²) in [6.45, 7) is 4.19. The Morgan fingerprint density at radius 1 is 1.25 bits per heavy atom. The lowest BCUT2D eigenvalue weighted by molar-refractivity contribution is 0.0929. The van der Waals surface area contributed by atoms with Gasteiger partial charge in [-0.25, -0.2) is 9.67 Å². The Morgan fingerprint density at radius 2 is 2.04 bits per heavy atom. The molecule has 3 aromatic rings. The molecule has 1 N–H and O–H groups in total. The number of hydrogen-bond donors (Lipinski definition) is 1. The number of carbonyl (C=O) groups excluding carboxylic acids is 1. The Morgan fingerprint density at radius 3 is 2.79 bits per heavy atom. The minimum absolute atomic E-state index is 0.0687. The van der Waals surface area contributed by atoms with Crippen molar-refractivity contribution in [3.8, 4) is 11.6 Å². The van der Waals surface area contributed by atoms with Gasteiger partial charge in [0.15, 0.2) is 0 Å². The molecule has 1 atom stereocenters. The van der Waals surface area contributed by atoms with Gasteiger partial charge in [0.1, 0.15) is 5.56 Å². The first-order chi connectivity index (χ1) is 13.6. The second-order valence-corrected chi connectivity index (χ2v) is 7.28. The van der Waals surface area contributed by atoms with Crippen LogP contribution in [0.15, 0.2) is 42.7 Å². The second-order valence-electron chi connectivity index (χ2n) is 7.28. The monoisotopic (exact) mass is 376 g/mol. The van der Waals surface area contributed by atoms with E-state index < -0.39 is 0 Å². The highest BCUT2D eigenvalue weighted by atomic mass is 16.5. The number of nitrogens with zero attached hydrogens (tertiary/aromatic N) is 3. The van der Waals surface area contributed by atoms with Crippen LogP contribution < -0.4 is 10.1 Å². The van der Waals surface area contributed by atoms with Gasteiger partial charge in [-0.15, -0.1) is 0 Å². The van der Waals surface area contributed by atoms with Crippen LogP contribution in [0, 0.1) is 13.8 Å². The fraction of sp³-hybridized carbons (Fsp3) is 0.318. The van der Waals surface area contributed by atoms with Crippen molar-refractivity contribution in [1.29, 1.82) is 0 Å². The van der Waals surface area contributed by atoms with Gasteiger partial charge in [0.25, 0.3) is 5.91 Å². The highest BCUT2D eigenvalue weighted by molar-refractivity contribution is 5.96. The lowest BCUT2D eigenvalue weighted by Gasteiger charge is -2.24. The third kappa shape index (κ3) is 3.38. The molecular weight excluding hydrogens is 352 g/mol. The predicted molar refractivity (Wildman–Crippen MR) is 107 cm³/mol. The minimum Gasteiger partial charge on any atom is -0.480 e. The Balaban J connectivity index is 1.63. The first-order valence-corrected chi connectivity index (χ1v) is 9.52. The summed E-state index contributed by atoms with van der Waals surface area (Å²) in [6, 6.07) is 9.84. The van der Waals surface area contributed by atoms with E-state index in [2.05, 4.69) is 47.4 Å². The summed E-state index contributed by atoms with van der Waals surface area (Å²) in [4.78, 5) is 16.9. The van der Waals surface area contributed by atoms with Crippen LogP contribution in [-0.2, 0) is 6.42 Å². The van der Waals surface area contributed by atoms with Gasteiger partial charge in [-0.1, -0.05) is 6.07 Å². The summed E-state index contributed by atoms with van der Waals surface area (Å²) in [5.41, 5.74) is 6.19. The number of amides is 1. The normalized spacial score (nSPS) is 15.8. The summed E-state index contributed by atoms with van der Waals surface area (Å²) in [6.07, 6.45) is 6.34. The van der Waals surface area contributed by atoms with Gasteiger partial charge in [-0.05, 0) is 68.5 Å². The van der Waals surface area contributed by atoms with Gasteiger partial charge >= 0.3 is 0 Å². The molecule has 1 aliphatic carbocycles. The largest absolute Gasteiger partial charge is 0.480 e. The van der Waals surface area contributed by atoms with Crippen LogP contribution in [0.3, 0.4) is 0 Å². The number of carbonyl (C=O) groups is 1. The molecule has 0 radical (unpaired) electrons. The van der Waals surface area contributed by atoms with Gasteiger partial charge < -0.3 is 10.1 Å². The summed E-state index contributed by atoms with van der Waals surface area (Å²) in [5.74, 6) is 0.156. The third-order valence-corrected chi connectivity index (χ3v) is 5.15. The Labute approximate surface area is 164 Å². The van der Waals surface area contributed by atoms with Crippen LogP contribution >= 0.6 is 0 Å². The summed E-state index contributed by atoms with van der Waals surface area (Å²) < 4.78 is 7.23. The number of rotatable bonds is 4. The molecule has 6 heteroatoms. The highest BCUT2D eigenvalue weighted by Gasteiger charge is 2.27. The molecule has 1 aliphatic rings. The van der Waals surface area contributed by atoms with E-state index in [0.29, 0.717) is 11.4 Å². The molecule has 1 aromatic carbocycles. The zero-order valence-corrected chi connectivity index (χ0v) is 16.4. The molecule has 0 unspecified atom stereocenters. The highest BCUT2D eigenvalue weighted by Crippen LogP contribution is 2.32. The standard InChI is InChI=1S/C22H24N4O2/c1-14-10-15(2)12-16(11-14)26-20-8-4-7-19(18(20)13-24-26)25-21(27)17-6-5-9-23-22(17)28-3/h5-6,9-13,19H,4,7-8H2,1-3H3,(H,25,27)/t19-/m1/s1. The van der Waals surface area contributed by atoms with Crippen molar-refractivity contribution >= 4 is 5.91 Å². The van der Waals surface area contributed by atoms with E-state index in [1.54, 1.807) is 18.3 Å². The predicted octanol–water partition coefficient (Wildman–Crippen LogP) is 3.70. The molecule has 144 valence electrons. The zero-order chi connectivity index (χ0) is 19.7. The van der Waals surface area contributed by atoms with E-state index in [0.717, 1.165) is 30.5 Å². The third-order valence-electron chi connectivity index (χ3n) is 5.15. The molecule has 0 aliphatic heterocycles. The quantitative estimate of drug-likeness (QED) is 0.754. The van der Waals surface area contributed by atoms with Crippen LogP contribution in [0.5, 0.6) is 5.88 Å². The molecule has 0 bridgehead atoms. The molecule has 28 heavy (non-hydrogen) atoms. The van der Waals surface area contributed by atoms with Gasteiger partial charge in [0.2, 0.25) is 5.88 Å². The molecule has 4 rings (SSSR count). The van der Waals surface area contributed by atoms with Gasteiger partial charge in [0, 0.05) is 17.5 Å². The van der Waals surface area contributed by atoms with E-state index in [-0.39, 0.29) is 11.9 Å². The van der Waals surface area contributed by atoms with Crippen LogP contribution in [0.1, 0.15) is 51.6 Å². The average Bonchev–Trinajstić information content (AvgIpc) is 3.12. The number of hydrogen-bond acceptors (Lipinski definition) is 4. The lowest BCUT2D eigenvalue weighted by Crippen LogP contribution is -2.31. The molecular formula is C22H24N4O2. The maximum atomic E-state index is 12.8. The Kier molecular flexibility index (Phi) is 4.86. The molecule has 1 amide bonds. The minimum atomic E-state index is -0.179. The first-order valence-electron chi connectivity index (χ1n) is 9.52. The Hall–Kier alpha value is -3.15. The first kappa shape index (κ1) is 18.2. The molecule has 0 fully saturated rings. The van der Waals surface area contributed by atoms with Crippen LogP contribution in [0.25, 0.3) is 5.69 Å². The average molecular weight is 376 g/mol. The Bertz CT molecular complexity index is 1000. The van der Waals surface area contributed by atoms with E-state index in [9.17, 15) is 4.79 Å². The number of pyridine rings is 1. The molecule has 0 saturated heterocycles. The lowest BCUT2D eigenvalue weighted by atomic mass is 9.92. The molecule has 2 heterocycles. The maximum absolute atomic E-state index is 12.8. The fourth-order valence-electron chi connectivity index (χ4n) is 3.96. The second kappa shape index (κ2) is 7.46. The van der Waals surface area contributed by atoms with Crippen LogP contribution in [0.4, 0.5) is 0 Å². The number of ether oxygens (including phenoxy) is 1. The number of fused-ring (bicyclic) bond motifs is 1. The van der Waals surface area contributed by atoms with E-state index >= 15 is 0 Å². The van der Waals surface area contributed by atoms with Crippen molar-refractivity contribution in [3.63, 3.8) is 0 Å². The molecule has 2 aromatic heterocycles. The van der Waals surface area contributed by atoms with Gasteiger partial charge in [0.05, 0.1) is 25.0 Å². The number of aromatic nitrogens is 3. The molecule has 6 nitrogen and oxygen atoms in total. The van der Waals surface area contributed by atoms with Crippen molar-refractivity contribution in [3.05, 3.63) is 70.7 Å². The fourth-order valence-corrected chi connectivity index (χ4v) is 3.96. The smallest absolute Gasteiger partial charge is 0.257 e. The van der Waals surface area contributed by atoms with Gasteiger partial charge in [-0.2, -0.15) is 5.10 Å². The summed E-state index contributed by atoms with van der Waals surface area (Å²) >= 11 is 0. The molecule has 0 spiro atoms. The summed E-state index contributed by atoms with van der Waals surface area (Å²) in [5, 5.41) is 7.78. The number of aryl methyl sites for hydroxylation is 2. The van der Waals surface area contributed by atoms with Crippen LogP contribution in [-0.4, -0.2) is 27.8 Å². The van der Waals surface area contributed by atoms with Crippen LogP contribution in [0.2, 0.25) is 0 Å². The SMILES string of the molecule is COc1ncccc1C(=O)N[C@@H]1CCCc2c1cnn2-c1cc(C)cc(C)c1.